The number of nitrogens with zero attached hydrogens (tertiary/aromatic N) is 3. The van der Waals surface area contributed by atoms with Crippen molar-refractivity contribution in [2.45, 2.75) is 25.2 Å². The second-order valence-electron chi connectivity index (χ2n) is 6.98. The zero-order valence-electron chi connectivity index (χ0n) is 15.1. The number of hydrogen-bond acceptors (Lipinski definition) is 4. The van der Waals surface area contributed by atoms with Crippen LogP contribution in [0.4, 0.5) is 0 Å². The maximum atomic E-state index is 12.7. The molecule has 0 saturated carbocycles. The highest BCUT2D eigenvalue weighted by atomic mass is 16.2. The Morgan fingerprint density at radius 3 is 2.93 bits per heavy atom. The molecule has 1 saturated heterocycles. The summed E-state index contributed by atoms with van der Waals surface area (Å²) in [5.41, 5.74) is 1.30. The van der Waals surface area contributed by atoms with Crippen LogP contribution in [0.3, 0.4) is 0 Å². The summed E-state index contributed by atoms with van der Waals surface area (Å²) in [6.07, 6.45) is 3.17. The molecule has 0 aliphatic carbocycles. The number of imidazole rings is 1. The molecule has 3 aromatic rings. The van der Waals surface area contributed by atoms with Gasteiger partial charge >= 0.3 is 5.69 Å². The molecular formula is C19H21N5O3. The van der Waals surface area contributed by atoms with Gasteiger partial charge in [-0.05, 0) is 25.0 Å². The van der Waals surface area contributed by atoms with Crippen LogP contribution < -0.4 is 11.2 Å². The number of piperidine rings is 1. The monoisotopic (exact) mass is 367 g/mol. The van der Waals surface area contributed by atoms with E-state index in [-0.39, 0.29) is 18.2 Å². The van der Waals surface area contributed by atoms with E-state index in [1.54, 1.807) is 4.90 Å². The summed E-state index contributed by atoms with van der Waals surface area (Å²) in [4.78, 5) is 48.6. The fraction of sp³-hybridized carbons (Fsp3) is 0.368. The lowest BCUT2D eigenvalue weighted by molar-refractivity contribution is -0.131. The summed E-state index contributed by atoms with van der Waals surface area (Å²) in [5, 5.41) is 0. The van der Waals surface area contributed by atoms with Crippen LogP contribution in [0, 0.1) is 0 Å². The molecule has 140 valence electrons. The molecule has 0 spiro atoms. The minimum Gasteiger partial charge on any atom is -0.342 e. The first kappa shape index (κ1) is 17.3. The van der Waals surface area contributed by atoms with Gasteiger partial charge in [0.2, 0.25) is 5.91 Å². The van der Waals surface area contributed by atoms with E-state index in [0.717, 1.165) is 34.3 Å². The zero-order chi connectivity index (χ0) is 19.0. The van der Waals surface area contributed by atoms with E-state index < -0.39 is 11.2 Å². The van der Waals surface area contributed by atoms with Crippen molar-refractivity contribution in [2.24, 2.45) is 7.05 Å². The molecule has 1 aliphatic rings. The van der Waals surface area contributed by atoms with Gasteiger partial charge in [0.25, 0.3) is 5.56 Å². The second kappa shape index (κ2) is 6.86. The third-order valence-corrected chi connectivity index (χ3v) is 5.16. The first-order valence-electron chi connectivity index (χ1n) is 9.03. The number of rotatable bonds is 3. The van der Waals surface area contributed by atoms with Gasteiger partial charge in [0, 0.05) is 37.8 Å². The number of benzene rings is 1. The molecule has 1 atom stereocenters. The van der Waals surface area contributed by atoms with E-state index in [9.17, 15) is 14.4 Å². The smallest absolute Gasteiger partial charge is 0.328 e. The number of aromatic amines is 2. The molecule has 0 radical (unpaired) electrons. The van der Waals surface area contributed by atoms with Crippen molar-refractivity contribution in [3.05, 3.63) is 62.7 Å². The van der Waals surface area contributed by atoms with Crippen LogP contribution >= 0.6 is 0 Å². The van der Waals surface area contributed by atoms with Crippen LogP contribution in [-0.2, 0) is 18.3 Å². The van der Waals surface area contributed by atoms with Gasteiger partial charge in [-0.25, -0.2) is 9.78 Å². The maximum Gasteiger partial charge on any atom is 0.328 e. The zero-order valence-corrected chi connectivity index (χ0v) is 15.1. The lowest BCUT2D eigenvalue weighted by Gasteiger charge is -2.32. The molecule has 2 N–H and O–H groups in total. The van der Waals surface area contributed by atoms with E-state index in [4.69, 9.17) is 0 Å². The standard InChI is InChI=1S/C19H21N5O3/c1-23-18(26)13(10-20-19(23)27)9-16(25)24-8-4-5-12(11-24)17-21-14-6-2-3-7-15(14)22-17/h2-3,6-7,10,12H,4-5,8-9,11H2,1H3,(H,20,27)(H,21,22)/t12-/m1/s1. The Morgan fingerprint density at radius 1 is 1.30 bits per heavy atom. The van der Waals surface area contributed by atoms with E-state index in [0.29, 0.717) is 18.7 Å². The molecule has 0 bridgehead atoms. The van der Waals surface area contributed by atoms with Crippen molar-refractivity contribution in [1.29, 1.82) is 0 Å². The highest BCUT2D eigenvalue weighted by molar-refractivity contribution is 5.79. The number of hydrogen-bond donors (Lipinski definition) is 2. The van der Waals surface area contributed by atoms with Gasteiger partial charge in [0.15, 0.2) is 0 Å². The Labute approximate surface area is 154 Å². The van der Waals surface area contributed by atoms with Crippen LogP contribution in [-0.4, -0.2) is 43.4 Å². The van der Waals surface area contributed by atoms with Gasteiger partial charge < -0.3 is 14.9 Å². The number of para-hydroxylation sites is 2. The van der Waals surface area contributed by atoms with Crippen LogP contribution in [0.5, 0.6) is 0 Å². The molecule has 8 nitrogen and oxygen atoms in total. The molecule has 1 aromatic carbocycles. The lowest BCUT2D eigenvalue weighted by atomic mass is 9.97. The van der Waals surface area contributed by atoms with Crippen molar-refractivity contribution >= 4 is 16.9 Å². The van der Waals surface area contributed by atoms with Gasteiger partial charge in [-0.2, -0.15) is 0 Å². The number of aromatic nitrogens is 4. The SMILES string of the molecule is Cn1c(=O)[nH]cc(CC(=O)N2CCC[C@@H](c3nc4ccccc4[nH]3)C2)c1=O. The Morgan fingerprint density at radius 2 is 2.11 bits per heavy atom. The highest BCUT2D eigenvalue weighted by Crippen LogP contribution is 2.27. The predicted octanol–water partition coefficient (Wildman–Crippen LogP) is 0.899. The van der Waals surface area contributed by atoms with Crippen LogP contribution in [0.25, 0.3) is 11.0 Å². The third kappa shape index (κ3) is 3.30. The molecule has 1 fully saturated rings. The highest BCUT2D eigenvalue weighted by Gasteiger charge is 2.27. The lowest BCUT2D eigenvalue weighted by Crippen LogP contribution is -2.42. The van der Waals surface area contributed by atoms with Crippen LogP contribution in [0.2, 0.25) is 0 Å². The molecule has 3 heterocycles. The van der Waals surface area contributed by atoms with Gasteiger partial charge in [-0.1, -0.05) is 12.1 Å². The molecule has 1 amide bonds. The van der Waals surface area contributed by atoms with Crippen molar-refractivity contribution in [3.8, 4) is 0 Å². The maximum absolute atomic E-state index is 12.7. The number of H-pyrrole nitrogens is 2. The number of likely N-dealkylation sites (tertiary alicyclic amines) is 1. The number of carbonyl (C=O) groups excluding carboxylic acids is 1. The van der Waals surface area contributed by atoms with Crippen molar-refractivity contribution < 1.29 is 4.79 Å². The first-order chi connectivity index (χ1) is 13.0. The summed E-state index contributed by atoms with van der Waals surface area (Å²) >= 11 is 0. The van der Waals surface area contributed by atoms with Crippen LogP contribution in [0.1, 0.15) is 30.1 Å². The van der Waals surface area contributed by atoms with E-state index in [1.165, 1.54) is 13.2 Å². The summed E-state index contributed by atoms with van der Waals surface area (Å²) in [6, 6.07) is 7.87. The van der Waals surface area contributed by atoms with E-state index in [2.05, 4.69) is 15.0 Å². The van der Waals surface area contributed by atoms with Gasteiger partial charge in [0.05, 0.1) is 17.5 Å². The quantitative estimate of drug-likeness (QED) is 0.718. The Kier molecular flexibility index (Phi) is 4.39. The summed E-state index contributed by atoms with van der Waals surface area (Å²) in [6.45, 7) is 1.24. The third-order valence-electron chi connectivity index (χ3n) is 5.16. The molecule has 4 rings (SSSR count). The molecular weight excluding hydrogens is 346 g/mol. The number of fused-ring (bicyclic) bond motifs is 1. The number of carbonyl (C=O) groups is 1. The molecule has 8 heteroatoms. The average molecular weight is 367 g/mol. The van der Waals surface area contributed by atoms with Gasteiger partial charge in [0.1, 0.15) is 5.82 Å². The summed E-state index contributed by atoms with van der Waals surface area (Å²) in [7, 11) is 1.40. The molecule has 2 aromatic heterocycles. The first-order valence-corrected chi connectivity index (χ1v) is 9.03. The topological polar surface area (TPSA) is 104 Å². The number of amides is 1. The predicted molar refractivity (Wildman–Crippen MR) is 101 cm³/mol. The second-order valence-corrected chi connectivity index (χ2v) is 6.98. The molecule has 1 aliphatic heterocycles. The average Bonchev–Trinajstić information content (AvgIpc) is 3.13. The van der Waals surface area contributed by atoms with Crippen molar-refractivity contribution in [2.75, 3.05) is 13.1 Å². The van der Waals surface area contributed by atoms with Gasteiger partial charge in [-0.15, -0.1) is 0 Å². The Bertz CT molecular complexity index is 1080. The largest absolute Gasteiger partial charge is 0.342 e. The van der Waals surface area contributed by atoms with Gasteiger partial charge in [-0.3, -0.25) is 14.2 Å². The van der Waals surface area contributed by atoms with Crippen molar-refractivity contribution in [3.63, 3.8) is 0 Å². The fourth-order valence-corrected chi connectivity index (χ4v) is 3.61. The minimum absolute atomic E-state index is 0.0176. The van der Waals surface area contributed by atoms with E-state index >= 15 is 0 Å². The number of nitrogens with one attached hydrogen (secondary N) is 2. The molecule has 0 unspecified atom stereocenters. The summed E-state index contributed by atoms with van der Waals surface area (Å²) in [5.74, 6) is 0.933. The molecule has 27 heavy (non-hydrogen) atoms. The minimum atomic E-state index is -0.487. The van der Waals surface area contributed by atoms with E-state index in [1.807, 2.05) is 24.3 Å². The Hall–Kier alpha value is -3.16. The Balaban J connectivity index is 1.51. The fourth-order valence-electron chi connectivity index (χ4n) is 3.61. The summed E-state index contributed by atoms with van der Waals surface area (Å²) < 4.78 is 0.982. The van der Waals surface area contributed by atoms with Crippen LogP contribution in [0.15, 0.2) is 40.1 Å². The van der Waals surface area contributed by atoms with Crippen molar-refractivity contribution in [1.82, 2.24) is 24.4 Å². The normalized spacial score (nSPS) is 17.4.